The van der Waals surface area contributed by atoms with Crippen molar-refractivity contribution in [1.29, 1.82) is 0 Å². The minimum Gasteiger partial charge on any atom is -0.480 e. The molecule has 1 aliphatic rings. The maximum Gasteiger partial charge on any atom is 0.325 e. The molecule has 1 aromatic rings. The Labute approximate surface area is 95.5 Å². The Hall–Kier alpha value is -1.35. The number of benzene rings is 1. The molecule has 1 aliphatic carbocycles. The number of hydrogen-bond acceptors (Lipinski definition) is 2. The fourth-order valence-electron chi connectivity index (χ4n) is 1.95. The number of hydrogen-bond donors (Lipinski definition) is 2. The number of carboxylic acids is 1. The molecule has 86 valence electrons. The van der Waals surface area contributed by atoms with Gasteiger partial charge in [-0.25, -0.2) is 0 Å². The highest BCUT2D eigenvalue weighted by Crippen LogP contribution is 2.37. The molecule has 0 radical (unpaired) electrons. The quantitative estimate of drug-likeness (QED) is 0.797. The number of carbonyl (C=O) groups is 1. The molecule has 0 aromatic heterocycles. The van der Waals surface area contributed by atoms with E-state index in [1.54, 1.807) is 0 Å². The number of aliphatic carboxylic acids is 1. The Morgan fingerprint density at radius 1 is 1.50 bits per heavy atom. The minimum absolute atomic E-state index is 0.575. The van der Waals surface area contributed by atoms with Gasteiger partial charge in [-0.05, 0) is 30.4 Å². The maximum atomic E-state index is 11.2. The van der Waals surface area contributed by atoms with Crippen LogP contribution < -0.4 is 5.32 Å². The first-order chi connectivity index (χ1) is 7.68. The van der Waals surface area contributed by atoms with Gasteiger partial charge in [0, 0.05) is 0 Å². The van der Waals surface area contributed by atoms with Gasteiger partial charge in [0.25, 0.3) is 0 Å². The second-order valence-corrected chi connectivity index (χ2v) is 4.56. The van der Waals surface area contributed by atoms with Crippen LogP contribution in [0.3, 0.4) is 0 Å². The van der Waals surface area contributed by atoms with Crippen molar-refractivity contribution in [2.24, 2.45) is 11.8 Å². The average Bonchev–Trinajstić information content (AvgIpc) is 2.96. The number of nitrogens with one attached hydrogen (secondary N) is 1. The first-order valence-electron chi connectivity index (χ1n) is 5.69. The molecule has 0 aliphatic heterocycles. The maximum absolute atomic E-state index is 11.2. The lowest BCUT2D eigenvalue weighted by Crippen LogP contribution is -2.30. The smallest absolute Gasteiger partial charge is 0.325 e. The lowest BCUT2D eigenvalue weighted by molar-refractivity contribution is -0.139. The third-order valence-electron chi connectivity index (χ3n) is 3.24. The van der Waals surface area contributed by atoms with Crippen LogP contribution in [0.1, 0.15) is 24.9 Å². The number of rotatable bonds is 5. The Kier molecular flexibility index (Phi) is 3.25. The molecule has 2 N–H and O–H groups in total. The molecule has 3 unspecified atom stereocenters. The van der Waals surface area contributed by atoms with Gasteiger partial charge in [-0.15, -0.1) is 0 Å². The van der Waals surface area contributed by atoms with Crippen LogP contribution in [0.15, 0.2) is 30.3 Å². The summed E-state index contributed by atoms with van der Waals surface area (Å²) in [7, 11) is 0. The summed E-state index contributed by atoms with van der Waals surface area (Å²) in [6.07, 6.45) is 1.22. The molecular formula is C13H17NO2. The largest absolute Gasteiger partial charge is 0.480 e. The van der Waals surface area contributed by atoms with Gasteiger partial charge in [-0.1, -0.05) is 37.3 Å². The van der Waals surface area contributed by atoms with E-state index in [-0.39, 0.29) is 0 Å². The van der Waals surface area contributed by atoms with Crippen molar-refractivity contribution in [3.63, 3.8) is 0 Å². The monoisotopic (exact) mass is 219 g/mol. The summed E-state index contributed by atoms with van der Waals surface area (Å²) in [6.45, 7) is 3.00. The van der Waals surface area contributed by atoms with Crippen LogP contribution in [0.5, 0.6) is 0 Å². The molecule has 0 saturated heterocycles. The van der Waals surface area contributed by atoms with Gasteiger partial charge < -0.3 is 10.4 Å². The lowest BCUT2D eigenvalue weighted by Gasteiger charge is -2.14. The molecule has 2 rings (SSSR count). The zero-order valence-corrected chi connectivity index (χ0v) is 9.39. The van der Waals surface area contributed by atoms with Gasteiger partial charge in [-0.3, -0.25) is 4.79 Å². The van der Waals surface area contributed by atoms with Crippen molar-refractivity contribution in [3.8, 4) is 0 Å². The van der Waals surface area contributed by atoms with Crippen LogP contribution in [-0.4, -0.2) is 17.6 Å². The highest BCUT2D eigenvalue weighted by molar-refractivity contribution is 5.75. The molecule has 0 amide bonds. The van der Waals surface area contributed by atoms with E-state index >= 15 is 0 Å². The van der Waals surface area contributed by atoms with Crippen molar-refractivity contribution in [3.05, 3.63) is 35.9 Å². The Morgan fingerprint density at radius 3 is 2.62 bits per heavy atom. The van der Waals surface area contributed by atoms with E-state index in [0.717, 1.165) is 18.0 Å². The first-order valence-corrected chi connectivity index (χ1v) is 5.69. The number of carboxylic acid groups (broad SMARTS) is 1. The Morgan fingerprint density at radius 2 is 2.12 bits per heavy atom. The van der Waals surface area contributed by atoms with E-state index in [1.807, 2.05) is 30.3 Å². The predicted octanol–water partition coefficient (Wildman–Crippen LogP) is 2.06. The van der Waals surface area contributed by atoms with Crippen molar-refractivity contribution in [1.82, 2.24) is 5.32 Å². The lowest BCUT2D eigenvalue weighted by atomic mass is 10.1. The highest BCUT2D eigenvalue weighted by atomic mass is 16.4. The molecule has 3 heteroatoms. The van der Waals surface area contributed by atoms with E-state index in [2.05, 4.69) is 12.2 Å². The van der Waals surface area contributed by atoms with Gasteiger partial charge >= 0.3 is 5.97 Å². The van der Waals surface area contributed by atoms with Crippen molar-refractivity contribution in [2.45, 2.75) is 19.4 Å². The summed E-state index contributed by atoms with van der Waals surface area (Å²) < 4.78 is 0. The van der Waals surface area contributed by atoms with Gasteiger partial charge in [0.05, 0.1) is 0 Å². The van der Waals surface area contributed by atoms with Gasteiger partial charge in [0.1, 0.15) is 6.04 Å². The summed E-state index contributed by atoms with van der Waals surface area (Å²) in [5.41, 5.74) is 0.823. The van der Waals surface area contributed by atoms with Gasteiger partial charge in [0.15, 0.2) is 0 Å². The molecule has 0 spiro atoms. The van der Waals surface area contributed by atoms with Crippen LogP contribution >= 0.6 is 0 Å². The van der Waals surface area contributed by atoms with E-state index < -0.39 is 12.0 Å². The second-order valence-electron chi connectivity index (χ2n) is 4.56. The summed E-state index contributed by atoms with van der Waals surface area (Å²) in [5.74, 6) is 0.600. The van der Waals surface area contributed by atoms with Gasteiger partial charge in [-0.2, -0.15) is 0 Å². The fourth-order valence-corrected chi connectivity index (χ4v) is 1.95. The van der Waals surface area contributed by atoms with E-state index in [1.165, 1.54) is 6.42 Å². The normalized spacial score (nSPS) is 25.1. The van der Waals surface area contributed by atoms with Crippen molar-refractivity contribution >= 4 is 5.97 Å². The molecule has 0 bridgehead atoms. The van der Waals surface area contributed by atoms with Crippen molar-refractivity contribution < 1.29 is 9.90 Å². The zero-order chi connectivity index (χ0) is 11.5. The van der Waals surface area contributed by atoms with E-state index in [9.17, 15) is 4.79 Å². The Bertz CT molecular complexity index is 363. The average molecular weight is 219 g/mol. The topological polar surface area (TPSA) is 49.3 Å². The molecular weight excluding hydrogens is 202 g/mol. The fraction of sp³-hybridized carbons (Fsp3) is 0.462. The Balaban J connectivity index is 1.97. The summed E-state index contributed by atoms with van der Waals surface area (Å²) >= 11 is 0. The molecule has 0 heterocycles. The molecule has 1 saturated carbocycles. The first kappa shape index (κ1) is 11.1. The van der Waals surface area contributed by atoms with E-state index in [4.69, 9.17) is 5.11 Å². The second kappa shape index (κ2) is 4.66. The van der Waals surface area contributed by atoms with Gasteiger partial charge in [0.2, 0.25) is 0 Å². The third kappa shape index (κ3) is 2.61. The van der Waals surface area contributed by atoms with E-state index in [0.29, 0.717) is 5.92 Å². The standard InChI is InChI=1S/C13H17NO2/c1-9-7-11(9)8-14-12(13(15)16)10-5-3-2-4-6-10/h2-6,9,11-12,14H,7-8H2,1H3,(H,15,16). The SMILES string of the molecule is CC1CC1CNC(C(=O)O)c1ccccc1. The van der Waals surface area contributed by atoms with Crippen LogP contribution in [0.2, 0.25) is 0 Å². The molecule has 16 heavy (non-hydrogen) atoms. The molecule has 1 fully saturated rings. The predicted molar refractivity (Wildman–Crippen MR) is 62.1 cm³/mol. The highest BCUT2D eigenvalue weighted by Gasteiger charge is 2.33. The van der Waals surface area contributed by atoms with Crippen LogP contribution in [0, 0.1) is 11.8 Å². The third-order valence-corrected chi connectivity index (χ3v) is 3.24. The summed E-state index contributed by atoms with van der Waals surface area (Å²) in [4.78, 5) is 11.2. The van der Waals surface area contributed by atoms with Crippen LogP contribution in [0.4, 0.5) is 0 Å². The van der Waals surface area contributed by atoms with Crippen LogP contribution in [0.25, 0.3) is 0 Å². The molecule has 3 nitrogen and oxygen atoms in total. The summed E-state index contributed by atoms with van der Waals surface area (Å²) in [6, 6.07) is 8.75. The molecule has 3 atom stereocenters. The van der Waals surface area contributed by atoms with Crippen LogP contribution in [-0.2, 0) is 4.79 Å². The molecule has 1 aromatic carbocycles. The minimum atomic E-state index is -0.806. The zero-order valence-electron chi connectivity index (χ0n) is 9.39. The van der Waals surface area contributed by atoms with Crippen molar-refractivity contribution in [2.75, 3.05) is 6.54 Å². The summed E-state index contributed by atoms with van der Waals surface area (Å²) in [5, 5.41) is 12.3.